The van der Waals surface area contributed by atoms with E-state index in [-0.39, 0.29) is 23.8 Å². The SMILES string of the molecule is Cl.O=C(O)c1ccnc(-c2ccc(F)cc2)c1. The highest BCUT2D eigenvalue weighted by Crippen LogP contribution is 2.18. The van der Waals surface area contributed by atoms with Crippen molar-refractivity contribution in [2.24, 2.45) is 0 Å². The number of hydrogen-bond acceptors (Lipinski definition) is 2. The summed E-state index contributed by atoms with van der Waals surface area (Å²) in [5, 5.41) is 8.81. The quantitative estimate of drug-likeness (QED) is 0.895. The van der Waals surface area contributed by atoms with E-state index in [9.17, 15) is 9.18 Å². The Morgan fingerprint density at radius 1 is 1.18 bits per heavy atom. The number of hydrogen-bond donors (Lipinski definition) is 1. The van der Waals surface area contributed by atoms with Gasteiger partial charge in [0.2, 0.25) is 0 Å². The predicted molar refractivity (Wildman–Crippen MR) is 63.8 cm³/mol. The van der Waals surface area contributed by atoms with Gasteiger partial charge in [-0.3, -0.25) is 4.98 Å². The Balaban J connectivity index is 0.00000144. The first-order valence-electron chi connectivity index (χ1n) is 4.62. The second-order valence-corrected chi connectivity index (χ2v) is 3.24. The minimum atomic E-state index is -1.01. The summed E-state index contributed by atoms with van der Waals surface area (Å²) >= 11 is 0. The molecule has 0 aliphatic heterocycles. The monoisotopic (exact) mass is 253 g/mol. The van der Waals surface area contributed by atoms with E-state index in [0.29, 0.717) is 11.3 Å². The number of benzene rings is 1. The van der Waals surface area contributed by atoms with Crippen molar-refractivity contribution in [3.8, 4) is 11.3 Å². The van der Waals surface area contributed by atoms with Gasteiger partial charge in [-0.15, -0.1) is 12.4 Å². The first kappa shape index (κ1) is 13.1. The van der Waals surface area contributed by atoms with Crippen molar-refractivity contribution < 1.29 is 14.3 Å². The zero-order chi connectivity index (χ0) is 11.5. The largest absolute Gasteiger partial charge is 0.478 e. The van der Waals surface area contributed by atoms with E-state index >= 15 is 0 Å². The summed E-state index contributed by atoms with van der Waals surface area (Å²) < 4.78 is 12.7. The minimum Gasteiger partial charge on any atom is -0.478 e. The zero-order valence-electron chi connectivity index (χ0n) is 8.63. The molecule has 0 aliphatic carbocycles. The Kier molecular flexibility index (Phi) is 4.17. The molecule has 0 unspecified atom stereocenters. The highest BCUT2D eigenvalue weighted by molar-refractivity contribution is 5.88. The molecule has 1 heterocycles. The Morgan fingerprint density at radius 3 is 2.41 bits per heavy atom. The topological polar surface area (TPSA) is 50.2 Å². The number of aromatic carboxylic acids is 1. The molecule has 0 bridgehead atoms. The van der Waals surface area contributed by atoms with Crippen molar-refractivity contribution in [3.63, 3.8) is 0 Å². The van der Waals surface area contributed by atoms with E-state index < -0.39 is 5.97 Å². The molecule has 3 nitrogen and oxygen atoms in total. The van der Waals surface area contributed by atoms with Crippen LogP contribution >= 0.6 is 12.4 Å². The van der Waals surface area contributed by atoms with Gasteiger partial charge < -0.3 is 5.11 Å². The van der Waals surface area contributed by atoms with Crippen LogP contribution in [0.5, 0.6) is 0 Å². The smallest absolute Gasteiger partial charge is 0.335 e. The van der Waals surface area contributed by atoms with Gasteiger partial charge in [-0.25, -0.2) is 9.18 Å². The maximum Gasteiger partial charge on any atom is 0.335 e. The fourth-order valence-corrected chi connectivity index (χ4v) is 1.34. The highest BCUT2D eigenvalue weighted by Gasteiger charge is 2.05. The van der Waals surface area contributed by atoms with Crippen molar-refractivity contribution in [3.05, 3.63) is 54.0 Å². The summed E-state index contributed by atoms with van der Waals surface area (Å²) in [5.74, 6) is -1.34. The van der Waals surface area contributed by atoms with Crippen LogP contribution in [0.15, 0.2) is 42.6 Å². The van der Waals surface area contributed by atoms with E-state index in [2.05, 4.69) is 4.98 Å². The molecule has 0 saturated carbocycles. The van der Waals surface area contributed by atoms with Gasteiger partial charge in [0.1, 0.15) is 5.82 Å². The van der Waals surface area contributed by atoms with Crippen LogP contribution in [0.4, 0.5) is 4.39 Å². The third kappa shape index (κ3) is 3.01. The predicted octanol–water partition coefficient (Wildman–Crippen LogP) is 3.01. The second-order valence-electron chi connectivity index (χ2n) is 3.24. The van der Waals surface area contributed by atoms with Crippen LogP contribution in [-0.4, -0.2) is 16.1 Å². The number of aromatic nitrogens is 1. The molecule has 0 amide bonds. The molecule has 0 atom stereocenters. The third-order valence-electron chi connectivity index (χ3n) is 2.15. The molecule has 0 fully saturated rings. The van der Waals surface area contributed by atoms with E-state index in [1.165, 1.54) is 30.5 Å². The summed E-state index contributed by atoms with van der Waals surface area (Å²) in [4.78, 5) is 14.8. The van der Waals surface area contributed by atoms with Crippen LogP contribution in [0.25, 0.3) is 11.3 Å². The lowest BCUT2D eigenvalue weighted by molar-refractivity contribution is 0.0697. The lowest BCUT2D eigenvalue weighted by atomic mass is 10.1. The summed E-state index contributed by atoms with van der Waals surface area (Å²) in [5.41, 5.74) is 1.36. The van der Waals surface area contributed by atoms with Crippen molar-refractivity contribution >= 4 is 18.4 Å². The Bertz CT molecular complexity index is 528. The number of pyridine rings is 1. The van der Waals surface area contributed by atoms with Crippen LogP contribution in [0.1, 0.15) is 10.4 Å². The number of carbonyl (C=O) groups is 1. The van der Waals surface area contributed by atoms with Gasteiger partial charge in [0.25, 0.3) is 0 Å². The lowest BCUT2D eigenvalue weighted by Gasteiger charge is -2.01. The Morgan fingerprint density at radius 2 is 1.82 bits per heavy atom. The zero-order valence-corrected chi connectivity index (χ0v) is 9.45. The molecule has 88 valence electrons. The van der Waals surface area contributed by atoms with Crippen LogP contribution < -0.4 is 0 Å². The van der Waals surface area contributed by atoms with Crippen molar-refractivity contribution in [1.29, 1.82) is 0 Å². The Labute approximate surface area is 103 Å². The molecule has 0 radical (unpaired) electrons. The van der Waals surface area contributed by atoms with Crippen LogP contribution in [0.3, 0.4) is 0 Å². The van der Waals surface area contributed by atoms with Gasteiger partial charge in [-0.2, -0.15) is 0 Å². The van der Waals surface area contributed by atoms with Crippen LogP contribution in [0, 0.1) is 5.82 Å². The summed E-state index contributed by atoms with van der Waals surface area (Å²) in [6.07, 6.45) is 1.42. The van der Waals surface area contributed by atoms with Gasteiger partial charge in [0.05, 0.1) is 11.3 Å². The van der Waals surface area contributed by atoms with Gasteiger partial charge in [0, 0.05) is 11.8 Å². The van der Waals surface area contributed by atoms with E-state index in [0.717, 1.165) is 0 Å². The summed E-state index contributed by atoms with van der Waals surface area (Å²) in [7, 11) is 0. The number of nitrogens with zero attached hydrogens (tertiary/aromatic N) is 1. The maximum atomic E-state index is 12.7. The molecule has 0 spiro atoms. The van der Waals surface area contributed by atoms with Crippen LogP contribution in [-0.2, 0) is 0 Å². The molecule has 0 saturated heterocycles. The lowest BCUT2D eigenvalue weighted by Crippen LogP contribution is -1.97. The molecule has 1 aromatic carbocycles. The summed E-state index contributed by atoms with van der Waals surface area (Å²) in [6, 6.07) is 8.60. The fourth-order valence-electron chi connectivity index (χ4n) is 1.34. The van der Waals surface area contributed by atoms with Crippen molar-refractivity contribution in [1.82, 2.24) is 4.98 Å². The summed E-state index contributed by atoms with van der Waals surface area (Å²) in [6.45, 7) is 0. The molecule has 5 heteroatoms. The molecule has 1 aromatic heterocycles. The molecule has 1 N–H and O–H groups in total. The van der Waals surface area contributed by atoms with Gasteiger partial charge in [0.15, 0.2) is 0 Å². The fraction of sp³-hybridized carbons (Fsp3) is 0. The van der Waals surface area contributed by atoms with Gasteiger partial charge in [-0.1, -0.05) is 0 Å². The first-order valence-corrected chi connectivity index (χ1v) is 4.62. The van der Waals surface area contributed by atoms with E-state index in [1.54, 1.807) is 12.1 Å². The number of carboxylic acid groups (broad SMARTS) is 1. The second kappa shape index (κ2) is 5.41. The van der Waals surface area contributed by atoms with Crippen molar-refractivity contribution in [2.75, 3.05) is 0 Å². The standard InChI is InChI=1S/C12H8FNO2.ClH/c13-10-3-1-8(2-4-10)11-7-9(12(15)16)5-6-14-11;/h1-7H,(H,15,16);1H. The average molecular weight is 254 g/mol. The van der Waals surface area contributed by atoms with E-state index in [1.807, 2.05) is 0 Å². The van der Waals surface area contributed by atoms with Crippen LogP contribution in [0.2, 0.25) is 0 Å². The van der Waals surface area contributed by atoms with Gasteiger partial charge >= 0.3 is 5.97 Å². The normalized spacial score (nSPS) is 9.47. The number of carboxylic acids is 1. The number of halogens is 2. The highest BCUT2D eigenvalue weighted by atomic mass is 35.5. The Hall–Kier alpha value is -1.94. The van der Waals surface area contributed by atoms with Crippen molar-refractivity contribution in [2.45, 2.75) is 0 Å². The molecular formula is C12H9ClFNO2. The molecule has 0 aliphatic rings. The molecular weight excluding hydrogens is 245 g/mol. The minimum absolute atomic E-state index is 0. The molecule has 2 aromatic rings. The maximum absolute atomic E-state index is 12.7. The first-order chi connectivity index (χ1) is 7.66. The molecule has 2 rings (SSSR count). The number of rotatable bonds is 2. The third-order valence-corrected chi connectivity index (χ3v) is 2.15. The van der Waals surface area contributed by atoms with Gasteiger partial charge in [-0.05, 0) is 36.4 Å². The molecule has 17 heavy (non-hydrogen) atoms. The average Bonchev–Trinajstić information content (AvgIpc) is 2.30. The van der Waals surface area contributed by atoms with E-state index in [4.69, 9.17) is 5.11 Å².